The lowest BCUT2D eigenvalue weighted by atomic mass is 9.68. The Balaban J connectivity index is 1.41. The molecule has 1 aliphatic carbocycles. The van der Waals surface area contributed by atoms with Crippen molar-refractivity contribution in [2.75, 3.05) is 33.4 Å². The topological polar surface area (TPSA) is 70.8 Å². The second-order valence-corrected chi connectivity index (χ2v) is 11.2. The average Bonchev–Trinajstić information content (AvgIpc) is 3.57. The van der Waals surface area contributed by atoms with Crippen LogP contribution in [0, 0.1) is 5.92 Å². The molecule has 2 fully saturated rings. The van der Waals surface area contributed by atoms with E-state index in [-0.39, 0.29) is 24.0 Å². The van der Waals surface area contributed by atoms with Crippen LogP contribution in [0.5, 0.6) is 5.75 Å². The van der Waals surface area contributed by atoms with Crippen LogP contribution in [0.15, 0.2) is 42.7 Å². The van der Waals surface area contributed by atoms with Crippen molar-refractivity contribution in [1.29, 1.82) is 0 Å². The van der Waals surface area contributed by atoms with Gasteiger partial charge in [0, 0.05) is 74.1 Å². The van der Waals surface area contributed by atoms with Crippen molar-refractivity contribution < 1.29 is 14.6 Å². The van der Waals surface area contributed by atoms with E-state index in [4.69, 9.17) is 4.74 Å². The van der Waals surface area contributed by atoms with Gasteiger partial charge in [-0.15, -0.1) is 0 Å². The van der Waals surface area contributed by atoms with E-state index in [2.05, 4.69) is 50.7 Å². The van der Waals surface area contributed by atoms with Crippen LogP contribution in [0.4, 0.5) is 0 Å². The zero-order valence-electron chi connectivity index (χ0n) is 22.0. The van der Waals surface area contributed by atoms with Gasteiger partial charge in [0.25, 0.3) is 0 Å². The molecule has 3 aliphatic rings. The Morgan fingerprint density at radius 2 is 1.86 bits per heavy atom. The highest BCUT2D eigenvalue weighted by Crippen LogP contribution is 2.50. The van der Waals surface area contributed by atoms with Crippen molar-refractivity contribution in [3.63, 3.8) is 0 Å². The molecule has 0 bridgehead atoms. The van der Waals surface area contributed by atoms with Crippen molar-refractivity contribution >= 4 is 16.8 Å². The summed E-state index contributed by atoms with van der Waals surface area (Å²) in [5.41, 5.74) is 4.82. The summed E-state index contributed by atoms with van der Waals surface area (Å²) in [6.07, 6.45) is 10.0. The number of carbonyl (C=O) groups excluding carboxylic acids is 1. The average molecular weight is 503 g/mol. The second-order valence-electron chi connectivity index (χ2n) is 11.2. The number of hydrogen-bond acceptors (Lipinski definition) is 5. The molecule has 1 saturated heterocycles. The first-order chi connectivity index (χ1) is 18.0. The summed E-state index contributed by atoms with van der Waals surface area (Å²) >= 11 is 0. The van der Waals surface area contributed by atoms with Crippen molar-refractivity contribution in [3.8, 4) is 5.75 Å². The van der Waals surface area contributed by atoms with Crippen LogP contribution in [0.1, 0.15) is 61.4 Å². The summed E-state index contributed by atoms with van der Waals surface area (Å²) in [5.74, 6) is 1.43. The highest BCUT2D eigenvalue weighted by Gasteiger charge is 2.48. The molecule has 3 aromatic rings. The number of ether oxygens (including phenoxy) is 1. The fourth-order valence-corrected chi connectivity index (χ4v) is 7.35. The number of aliphatic hydroxyl groups excluding tert-OH is 1. The van der Waals surface area contributed by atoms with E-state index in [1.807, 2.05) is 18.5 Å². The zero-order valence-corrected chi connectivity index (χ0v) is 22.0. The predicted octanol–water partition coefficient (Wildman–Crippen LogP) is 4.18. The third-order valence-corrected chi connectivity index (χ3v) is 9.29. The molecule has 0 unspecified atom stereocenters. The van der Waals surface area contributed by atoms with E-state index < -0.39 is 0 Å². The van der Waals surface area contributed by atoms with E-state index in [9.17, 15) is 9.90 Å². The standard InChI is InChI=1S/C30H38N4O3/c1-32-25-17-23(37-2)7-8-24(25)27-28(32)26(19-35)34(18-21-9-13-31-14-10-21)20-30(27)11-15-33(16-12-30)29(36)22-5-3-4-6-22/h7-10,13-14,17,22,26,35H,3-6,11-12,15-16,18-20H2,1-2H3/t26-/m1/s1. The molecule has 1 atom stereocenters. The van der Waals surface area contributed by atoms with Gasteiger partial charge in [-0.05, 0) is 61.1 Å². The Kier molecular flexibility index (Phi) is 6.45. The summed E-state index contributed by atoms with van der Waals surface area (Å²) in [7, 11) is 3.82. The minimum atomic E-state index is -0.102. The molecule has 4 heterocycles. The summed E-state index contributed by atoms with van der Waals surface area (Å²) < 4.78 is 7.83. The van der Waals surface area contributed by atoms with Crippen LogP contribution in [-0.4, -0.2) is 63.7 Å². The first-order valence-electron chi connectivity index (χ1n) is 13.7. The number of nitrogens with zero attached hydrogens (tertiary/aromatic N) is 4. The van der Waals surface area contributed by atoms with Crippen LogP contribution in [0.2, 0.25) is 0 Å². The first-order valence-corrected chi connectivity index (χ1v) is 13.7. The minimum Gasteiger partial charge on any atom is -0.497 e. The molecule has 7 nitrogen and oxygen atoms in total. The maximum absolute atomic E-state index is 13.3. The summed E-state index contributed by atoms with van der Waals surface area (Å²) in [6.45, 7) is 3.28. The lowest BCUT2D eigenvalue weighted by molar-refractivity contribution is -0.137. The number of fused-ring (bicyclic) bond motifs is 4. The number of aliphatic hydroxyl groups is 1. The molecule has 1 N–H and O–H groups in total. The number of likely N-dealkylation sites (tertiary alicyclic amines) is 1. The Bertz CT molecular complexity index is 1270. The molecule has 1 spiro atoms. The molecule has 2 aromatic heterocycles. The van der Waals surface area contributed by atoms with E-state index in [1.165, 1.54) is 35.0 Å². The third kappa shape index (κ3) is 4.12. The Morgan fingerprint density at radius 1 is 1.14 bits per heavy atom. The summed E-state index contributed by atoms with van der Waals surface area (Å²) in [6, 6.07) is 10.4. The molecule has 37 heavy (non-hydrogen) atoms. The van der Waals surface area contributed by atoms with E-state index in [1.54, 1.807) is 7.11 Å². The van der Waals surface area contributed by atoms with Crippen molar-refractivity contribution in [2.45, 2.75) is 56.5 Å². The lowest BCUT2D eigenvalue weighted by Crippen LogP contribution is -2.55. The number of pyridine rings is 1. The Morgan fingerprint density at radius 3 is 2.54 bits per heavy atom. The molecule has 196 valence electrons. The molecule has 1 aromatic carbocycles. The summed E-state index contributed by atoms with van der Waals surface area (Å²) in [5, 5.41) is 12.0. The fraction of sp³-hybridized carbons (Fsp3) is 0.533. The second kappa shape index (κ2) is 9.76. The number of piperidine rings is 1. The van der Waals surface area contributed by atoms with Gasteiger partial charge >= 0.3 is 0 Å². The van der Waals surface area contributed by atoms with Crippen LogP contribution in [0.25, 0.3) is 10.9 Å². The van der Waals surface area contributed by atoms with Gasteiger partial charge in [0.2, 0.25) is 5.91 Å². The van der Waals surface area contributed by atoms with E-state index in [0.717, 1.165) is 63.1 Å². The van der Waals surface area contributed by atoms with Gasteiger partial charge in [0.15, 0.2) is 0 Å². The van der Waals surface area contributed by atoms with Gasteiger partial charge in [-0.1, -0.05) is 12.8 Å². The van der Waals surface area contributed by atoms with Gasteiger partial charge in [-0.25, -0.2) is 0 Å². The van der Waals surface area contributed by atoms with Gasteiger partial charge < -0.3 is 19.3 Å². The molecule has 1 amide bonds. The van der Waals surface area contributed by atoms with Crippen molar-refractivity contribution in [3.05, 3.63) is 59.5 Å². The van der Waals surface area contributed by atoms with E-state index >= 15 is 0 Å². The smallest absolute Gasteiger partial charge is 0.225 e. The van der Waals surface area contributed by atoms with Crippen LogP contribution in [-0.2, 0) is 23.8 Å². The number of benzene rings is 1. The maximum atomic E-state index is 13.3. The number of amides is 1. The highest BCUT2D eigenvalue weighted by molar-refractivity contribution is 5.89. The first kappa shape index (κ1) is 24.4. The largest absolute Gasteiger partial charge is 0.497 e. The Labute approximate surface area is 219 Å². The van der Waals surface area contributed by atoms with Gasteiger partial charge in [0.1, 0.15) is 5.75 Å². The number of aromatic nitrogens is 2. The normalized spacial score (nSPS) is 22.0. The maximum Gasteiger partial charge on any atom is 0.225 e. The zero-order chi connectivity index (χ0) is 25.6. The minimum absolute atomic E-state index is 0.0573. The monoisotopic (exact) mass is 502 g/mol. The molecule has 1 saturated carbocycles. The van der Waals surface area contributed by atoms with Crippen LogP contribution >= 0.6 is 0 Å². The number of rotatable bonds is 5. The number of aryl methyl sites for hydroxylation is 1. The van der Waals surface area contributed by atoms with Crippen LogP contribution < -0.4 is 4.74 Å². The molecule has 2 aliphatic heterocycles. The van der Waals surface area contributed by atoms with Gasteiger partial charge in [-0.2, -0.15) is 0 Å². The molecule has 7 heteroatoms. The molecule has 0 radical (unpaired) electrons. The third-order valence-electron chi connectivity index (χ3n) is 9.29. The van der Waals surface area contributed by atoms with Crippen molar-refractivity contribution in [2.24, 2.45) is 13.0 Å². The predicted molar refractivity (Wildman–Crippen MR) is 143 cm³/mol. The molecular formula is C30H38N4O3. The molecule has 6 rings (SSSR count). The van der Waals surface area contributed by atoms with Gasteiger partial charge in [-0.3, -0.25) is 14.7 Å². The number of hydrogen-bond donors (Lipinski definition) is 1. The lowest BCUT2D eigenvalue weighted by Gasteiger charge is -2.51. The Hall–Kier alpha value is -2.90. The highest BCUT2D eigenvalue weighted by atomic mass is 16.5. The fourth-order valence-electron chi connectivity index (χ4n) is 7.35. The van der Waals surface area contributed by atoms with Crippen LogP contribution in [0.3, 0.4) is 0 Å². The van der Waals surface area contributed by atoms with Crippen molar-refractivity contribution in [1.82, 2.24) is 19.4 Å². The number of carbonyl (C=O) groups is 1. The summed E-state index contributed by atoms with van der Waals surface area (Å²) in [4.78, 5) is 22.0. The number of methoxy groups -OCH3 is 1. The SMILES string of the molecule is COc1ccc2c3c(n(C)c2c1)[C@@H](CO)N(Cc1ccncc1)CC31CCN(C(=O)C2CCCC2)CC1. The quantitative estimate of drug-likeness (QED) is 0.567. The van der Waals surface area contributed by atoms with Gasteiger partial charge in [0.05, 0.1) is 25.3 Å². The molecular weight excluding hydrogens is 464 g/mol. The van der Waals surface area contributed by atoms with E-state index in [0.29, 0.717) is 5.91 Å².